The minimum absolute atomic E-state index is 0.300. The normalized spacial score (nSPS) is 19.3. The van der Waals surface area contributed by atoms with Crippen LogP contribution in [-0.2, 0) is 24.3 Å². The molecule has 0 radical (unpaired) electrons. The summed E-state index contributed by atoms with van der Waals surface area (Å²) in [6.45, 7) is 3.80. The van der Waals surface area contributed by atoms with Crippen molar-refractivity contribution in [3.63, 3.8) is 0 Å². The van der Waals surface area contributed by atoms with Crippen LogP contribution >= 0.6 is 11.3 Å². The fraction of sp³-hybridized carbons (Fsp3) is 0.364. The minimum atomic E-state index is -5.08. The Bertz CT molecular complexity index is 1200. The van der Waals surface area contributed by atoms with Crippen LogP contribution in [-0.4, -0.2) is 55.9 Å². The van der Waals surface area contributed by atoms with Gasteiger partial charge >= 0.3 is 12.1 Å². The Morgan fingerprint density at radius 2 is 1.89 bits per heavy atom. The zero-order chi connectivity index (χ0) is 25.2. The number of nitrogens with zero attached hydrogens (tertiary/aromatic N) is 4. The predicted molar refractivity (Wildman–Crippen MR) is 118 cm³/mol. The van der Waals surface area contributed by atoms with E-state index in [-0.39, 0.29) is 11.7 Å². The van der Waals surface area contributed by atoms with Gasteiger partial charge in [-0.05, 0) is 52.4 Å². The zero-order valence-electron chi connectivity index (χ0n) is 18.2. The highest BCUT2D eigenvalue weighted by Gasteiger charge is 2.39. The second kappa shape index (κ2) is 10.1. The summed E-state index contributed by atoms with van der Waals surface area (Å²) in [5.41, 5.74) is 1.78. The molecular weight excluding hydrogens is 490 g/mol. The summed E-state index contributed by atoms with van der Waals surface area (Å²) in [6, 6.07) is 8.03. The van der Waals surface area contributed by atoms with Crippen molar-refractivity contribution in [1.82, 2.24) is 19.7 Å². The van der Waals surface area contributed by atoms with Gasteiger partial charge in [-0.15, -0.1) is 10.2 Å². The van der Waals surface area contributed by atoms with E-state index >= 15 is 0 Å². The number of likely N-dealkylation sites (tertiary alicyclic amines) is 1. The van der Waals surface area contributed by atoms with Gasteiger partial charge in [0.1, 0.15) is 11.6 Å². The third-order valence-corrected chi connectivity index (χ3v) is 6.59. The van der Waals surface area contributed by atoms with Crippen molar-refractivity contribution in [1.29, 1.82) is 0 Å². The van der Waals surface area contributed by atoms with Gasteiger partial charge in [0.05, 0.1) is 0 Å². The highest BCUT2D eigenvalue weighted by Crippen LogP contribution is 2.33. The quantitative estimate of drug-likeness (QED) is 0.519. The average Bonchev–Trinajstić information content (AvgIpc) is 3.51. The number of rotatable bonds is 4. The van der Waals surface area contributed by atoms with Crippen LogP contribution in [0.2, 0.25) is 0 Å². The van der Waals surface area contributed by atoms with Gasteiger partial charge in [-0.2, -0.15) is 24.5 Å². The summed E-state index contributed by atoms with van der Waals surface area (Å²) in [5.74, 6) is -1.29. The number of thiophene rings is 1. The Labute approximate surface area is 201 Å². The summed E-state index contributed by atoms with van der Waals surface area (Å²) in [6.07, 6.45) is -4.24. The first-order valence-electron chi connectivity index (χ1n) is 10.6. The number of carbonyl (C=O) groups excluding carboxylic acids is 1. The molecule has 2 aliphatic heterocycles. The molecule has 1 amide bonds. The SMILES string of the molecule is O=C(Nc1cccc(F)c1)c1nnc2n1CC1CN(Cc3ccsc3)CC1C2.O=C(O)C(F)(F)F. The Morgan fingerprint density at radius 1 is 1.14 bits per heavy atom. The minimum Gasteiger partial charge on any atom is -0.475 e. The maximum Gasteiger partial charge on any atom is 0.490 e. The van der Waals surface area contributed by atoms with Crippen molar-refractivity contribution < 1.29 is 32.3 Å². The van der Waals surface area contributed by atoms with Crippen molar-refractivity contribution >= 4 is 28.9 Å². The first kappa shape index (κ1) is 24.8. The van der Waals surface area contributed by atoms with Gasteiger partial charge in [0.15, 0.2) is 0 Å². The number of alkyl halides is 3. The molecule has 3 aromatic rings. The van der Waals surface area contributed by atoms with E-state index in [9.17, 15) is 22.4 Å². The number of hydrogen-bond acceptors (Lipinski definition) is 6. The molecule has 2 N–H and O–H groups in total. The Hall–Kier alpha value is -3.32. The molecule has 0 bridgehead atoms. The molecule has 2 atom stereocenters. The number of carbonyl (C=O) groups is 2. The molecule has 0 spiro atoms. The van der Waals surface area contributed by atoms with Crippen LogP contribution < -0.4 is 5.32 Å². The van der Waals surface area contributed by atoms with Crippen LogP contribution in [0.3, 0.4) is 0 Å². The van der Waals surface area contributed by atoms with Crippen LogP contribution in [0.4, 0.5) is 23.2 Å². The number of carboxylic acid groups (broad SMARTS) is 1. The van der Waals surface area contributed by atoms with E-state index in [1.807, 2.05) is 4.57 Å². The number of hydrogen-bond donors (Lipinski definition) is 2. The van der Waals surface area contributed by atoms with Gasteiger partial charge in [-0.25, -0.2) is 9.18 Å². The largest absolute Gasteiger partial charge is 0.490 e. The number of anilines is 1. The van der Waals surface area contributed by atoms with Gasteiger partial charge in [0.25, 0.3) is 5.91 Å². The first-order chi connectivity index (χ1) is 16.6. The third kappa shape index (κ3) is 6.03. The topological polar surface area (TPSA) is 100 Å². The van der Waals surface area contributed by atoms with Gasteiger partial charge in [-0.1, -0.05) is 6.07 Å². The molecule has 5 rings (SSSR count). The standard InChI is InChI=1S/C20H20FN5OS.C2HF3O2/c21-16-2-1-3-17(7-16)22-20(27)19-24-23-18-6-14-9-25(8-13-4-5-28-12-13)10-15(14)11-26(18)19;3-2(4,5)1(6)7/h1-5,7,12,14-15H,6,8-11H2,(H,22,27);(H,6,7). The molecule has 1 fully saturated rings. The van der Waals surface area contributed by atoms with Crippen molar-refractivity contribution in [3.05, 3.63) is 64.1 Å². The second-order valence-corrected chi connectivity index (χ2v) is 9.15. The third-order valence-electron chi connectivity index (χ3n) is 5.86. The van der Waals surface area contributed by atoms with Gasteiger partial charge in [-0.3, -0.25) is 9.69 Å². The highest BCUT2D eigenvalue weighted by atomic mass is 32.1. The van der Waals surface area contributed by atoms with E-state index in [1.165, 1.54) is 17.7 Å². The molecule has 0 saturated carbocycles. The molecule has 0 aliphatic carbocycles. The lowest BCUT2D eigenvalue weighted by Gasteiger charge is -2.25. The Kier molecular flexibility index (Phi) is 7.17. The summed E-state index contributed by atoms with van der Waals surface area (Å²) in [5, 5.41) is 22.5. The Morgan fingerprint density at radius 3 is 2.54 bits per heavy atom. The van der Waals surface area contributed by atoms with Crippen LogP contribution in [0, 0.1) is 17.7 Å². The molecular formula is C22H21F4N5O3S. The molecule has 8 nitrogen and oxygen atoms in total. The van der Waals surface area contributed by atoms with Crippen molar-refractivity contribution in [2.24, 2.45) is 11.8 Å². The van der Waals surface area contributed by atoms with Crippen molar-refractivity contribution in [3.8, 4) is 0 Å². The number of benzene rings is 1. The van der Waals surface area contributed by atoms with E-state index in [0.29, 0.717) is 23.3 Å². The molecule has 2 aliphatic rings. The molecule has 13 heteroatoms. The Balaban J connectivity index is 0.000000364. The number of aliphatic carboxylic acids is 1. The number of amides is 1. The van der Waals surface area contributed by atoms with Crippen LogP contribution in [0.15, 0.2) is 41.1 Å². The monoisotopic (exact) mass is 511 g/mol. The van der Waals surface area contributed by atoms with Gasteiger partial charge < -0.3 is 15.0 Å². The average molecular weight is 512 g/mol. The van der Waals surface area contributed by atoms with E-state index < -0.39 is 12.1 Å². The first-order valence-corrected chi connectivity index (χ1v) is 11.6. The number of fused-ring (bicyclic) bond motifs is 2. The maximum atomic E-state index is 13.4. The van der Waals surface area contributed by atoms with Crippen molar-refractivity contribution in [2.75, 3.05) is 18.4 Å². The van der Waals surface area contributed by atoms with Crippen LogP contribution in [0.5, 0.6) is 0 Å². The fourth-order valence-electron chi connectivity index (χ4n) is 4.31. The number of nitrogens with one attached hydrogen (secondary N) is 1. The zero-order valence-corrected chi connectivity index (χ0v) is 19.0. The van der Waals surface area contributed by atoms with Crippen LogP contribution in [0.25, 0.3) is 0 Å². The van der Waals surface area contributed by atoms with E-state index in [2.05, 4.69) is 37.2 Å². The lowest BCUT2D eigenvalue weighted by molar-refractivity contribution is -0.192. The molecule has 2 unspecified atom stereocenters. The van der Waals surface area contributed by atoms with E-state index in [1.54, 1.807) is 23.5 Å². The van der Waals surface area contributed by atoms with Gasteiger partial charge in [0.2, 0.25) is 5.82 Å². The summed E-state index contributed by atoms with van der Waals surface area (Å²) < 4.78 is 47.0. The van der Waals surface area contributed by atoms with E-state index in [0.717, 1.165) is 38.4 Å². The highest BCUT2D eigenvalue weighted by molar-refractivity contribution is 7.07. The number of aromatic nitrogens is 3. The number of carboxylic acids is 1. The summed E-state index contributed by atoms with van der Waals surface area (Å²) in [7, 11) is 0. The second-order valence-electron chi connectivity index (χ2n) is 8.37. The summed E-state index contributed by atoms with van der Waals surface area (Å²) in [4.78, 5) is 24.0. The van der Waals surface area contributed by atoms with Crippen molar-refractivity contribution in [2.45, 2.75) is 25.7 Å². The number of halogens is 4. The predicted octanol–water partition coefficient (Wildman–Crippen LogP) is 3.67. The molecule has 35 heavy (non-hydrogen) atoms. The molecule has 1 aromatic carbocycles. The van der Waals surface area contributed by atoms with Crippen LogP contribution in [0.1, 0.15) is 22.0 Å². The van der Waals surface area contributed by atoms with Gasteiger partial charge in [0, 0.05) is 38.3 Å². The smallest absolute Gasteiger partial charge is 0.475 e. The summed E-state index contributed by atoms with van der Waals surface area (Å²) >= 11 is 1.73. The maximum absolute atomic E-state index is 13.4. The molecule has 2 aromatic heterocycles. The lowest BCUT2D eigenvalue weighted by Crippen LogP contribution is -2.31. The molecule has 1 saturated heterocycles. The fourth-order valence-corrected chi connectivity index (χ4v) is 4.97. The lowest BCUT2D eigenvalue weighted by atomic mass is 9.89. The molecule has 4 heterocycles. The molecule has 186 valence electrons. The van der Waals surface area contributed by atoms with E-state index in [4.69, 9.17) is 9.90 Å².